The van der Waals surface area contributed by atoms with E-state index in [1.54, 1.807) is 0 Å². The second-order valence-electron chi connectivity index (χ2n) is 6.91. The number of aryl methyl sites for hydroxylation is 2. The summed E-state index contributed by atoms with van der Waals surface area (Å²) in [6, 6.07) is 5.09. The summed E-state index contributed by atoms with van der Waals surface area (Å²) in [6.07, 6.45) is -0.542. The second-order valence-corrected chi connectivity index (χ2v) is 11.5. The van der Waals surface area contributed by atoms with Crippen molar-refractivity contribution in [2.45, 2.75) is 29.4 Å². The van der Waals surface area contributed by atoms with E-state index < -0.39 is 64.1 Å². The van der Waals surface area contributed by atoms with Crippen molar-refractivity contribution < 1.29 is 77.3 Å². The Morgan fingerprint density at radius 1 is 0.474 bits per heavy atom. The largest absolute Gasteiger partial charge is 0.534 e. The van der Waals surface area contributed by atoms with Crippen molar-refractivity contribution in [2.24, 2.45) is 0 Å². The molecule has 0 heterocycles. The molecule has 0 fully saturated rings. The molecule has 2 rings (SSSR count). The van der Waals surface area contributed by atoms with Crippen LogP contribution in [0, 0.1) is 0 Å². The van der Waals surface area contributed by atoms with Crippen LogP contribution in [-0.2, 0) is 43.2 Å². The van der Waals surface area contributed by atoms with Gasteiger partial charge in [0.25, 0.3) is 0 Å². The summed E-state index contributed by atoms with van der Waals surface area (Å²) < 4.78 is 191. The lowest BCUT2D eigenvalue weighted by molar-refractivity contribution is -0.0505. The van der Waals surface area contributed by atoms with Crippen molar-refractivity contribution in [1.82, 2.24) is 0 Å². The summed E-state index contributed by atoms with van der Waals surface area (Å²) in [5.41, 5.74) is -17.7. The van der Waals surface area contributed by atoms with Gasteiger partial charge in [0.2, 0.25) is 0 Å². The molecule has 0 unspecified atom stereocenters. The van der Waals surface area contributed by atoms with E-state index in [1.807, 2.05) is 0 Å². The fourth-order valence-corrected chi connectivity index (χ4v) is 3.74. The molecule has 214 valence electrons. The first kappa shape index (κ1) is 31.3. The Bertz CT molecular complexity index is 1410. The molecule has 0 aliphatic heterocycles. The van der Waals surface area contributed by atoms with Gasteiger partial charge < -0.3 is 12.5 Å². The molecule has 0 aliphatic carbocycles. The molecule has 0 aliphatic rings. The van der Waals surface area contributed by atoms with Crippen molar-refractivity contribution in [2.75, 3.05) is 0 Å². The molecule has 0 spiro atoms. The van der Waals surface area contributed by atoms with Gasteiger partial charge in [0, 0.05) is 6.07 Å². The molecule has 0 saturated heterocycles. The minimum Gasteiger partial charge on any atom is -0.376 e. The van der Waals surface area contributed by atoms with Crippen molar-refractivity contribution in [1.29, 1.82) is 0 Å². The van der Waals surface area contributed by atoms with E-state index in [2.05, 4.69) is 12.5 Å². The first-order valence-electron chi connectivity index (χ1n) is 9.19. The van der Waals surface area contributed by atoms with E-state index in [1.165, 1.54) is 0 Å². The zero-order valence-corrected chi connectivity index (χ0v) is 20.2. The maximum absolute atomic E-state index is 12.6. The van der Waals surface area contributed by atoms with Crippen LogP contribution in [0.15, 0.2) is 42.5 Å². The average molecular weight is 626 g/mol. The molecule has 0 atom stereocenters. The van der Waals surface area contributed by atoms with Crippen LogP contribution in [-0.4, -0.2) is 41.8 Å². The SMILES string of the molecule is O=S(=O)(Oc1ccc(CCc2cc(OS(=O)(=O)C(F)(F)F)cc(OS(=O)(=O)C(F)(F)F)c2)cc1)C(F)(F)F. The molecule has 9 nitrogen and oxygen atoms in total. The highest BCUT2D eigenvalue weighted by Gasteiger charge is 2.50. The Balaban J connectivity index is 2.33. The summed E-state index contributed by atoms with van der Waals surface area (Å²) >= 11 is 0. The van der Waals surface area contributed by atoms with Crippen LogP contribution in [0.3, 0.4) is 0 Å². The van der Waals surface area contributed by atoms with E-state index >= 15 is 0 Å². The predicted molar refractivity (Wildman–Crippen MR) is 107 cm³/mol. The molecule has 21 heteroatoms. The maximum atomic E-state index is 12.6. The van der Waals surface area contributed by atoms with Crippen LogP contribution < -0.4 is 12.5 Å². The van der Waals surface area contributed by atoms with Crippen LogP contribution in [0.1, 0.15) is 11.1 Å². The monoisotopic (exact) mass is 626 g/mol. The van der Waals surface area contributed by atoms with Crippen molar-refractivity contribution in [3.8, 4) is 17.2 Å². The van der Waals surface area contributed by atoms with Crippen LogP contribution in [0.25, 0.3) is 0 Å². The van der Waals surface area contributed by atoms with E-state index in [4.69, 9.17) is 0 Å². The summed E-state index contributed by atoms with van der Waals surface area (Å²) in [5, 5.41) is 0. The van der Waals surface area contributed by atoms with Crippen LogP contribution in [0.2, 0.25) is 0 Å². The Labute approximate surface area is 208 Å². The summed E-state index contributed by atoms with van der Waals surface area (Å²) in [7, 11) is -18.6. The van der Waals surface area contributed by atoms with Gasteiger partial charge in [-0.15, -0.1) is 0 Å². The second kappa shape index (κ2) is 10.3. The lowest BCUT2D eigenvalue weighted by Gasteiger charge is -2.14. The van der Waals surface area contributed by atoms with Gasteiger partial charge in [0.15, 0.2) is 0 Å². The van der Waals surface area contributed by atoms with Crippen LogP contribution in [0.5, 0.6) is 17.2 Å². The number of alkyl halides is 9. The molecule has 0 saturated carbocycles. The van der Waals surface area contributed by atoms with Crippen molar-refractivity contribution >= 4 is 30.4 Å². The highest BCUT2D eigenvalue weighted by atomic mass is 32.2. The van der Waals surface area contributed by atoms with Crippen LogP contribution in [0.4, 0.5) is 39.5 Å². The molecule has 2 aromatic rings. The zero-order valence-electron chi connectivity index (χ0n) is 17.8. The quantitative estimate of drug-likeness (QED) is 0.229. The molecule has 38 heavy (non-hydrogen) atoms. The Hall–Kier alpha value is -2.94. The number of hydrogen-bond donors (Lipinski definition) is 0. The predicted octanol–water partition coefficient (Wildman–Crippen LogP) is 4.16. The third-order valence-electron chi connectivity index (χ3n) is 4.03. The maximum Gasteiger partial charge on any atom is 0.534 e. The van der Waals surface area contributed by atoms with Gasteiger partial charge in [0.1, 0.15) is 17.2 Å². The van der Waals surface area contributed by atoms with E-state index in [-0.39, 0.29) is 30.0 Å². The van der Waals surface area contributed by atoms with Crippen molar-refractivity contribution in [3.63, 3.8) is 0 Å². The molecule has 0 aromatic heterocycles. The molecule has 2 aromatic carbocycles. The van der Waals surface area contributed by atoms with Gasteiger partial charge in [-0.3, -0.25) is 0 Å². The fraction of sp³-hybridized carbons (Fsp3) is 0.294. The van der Waals surface area contributed by atoms with Crippen LogP contribution >= 0.6 is 0 Å². The summed E-state index contributed by atoms with van der Waals surface area (Å²) in [4.78, 5) is 0. The van der Waals surface area contributed by atoms with Gasteiger partial charge in [-0.05, 0) is 48.2 Å². The smallest absolute Gasteiger partial charge is 0.376 e. The third-order valence-corrected chi connectivity index (χ3v) is 6.97. The van der Waals surface area contributed by atoms with Gasteiger partial charge in [0.05, 0.1) is 0 Å². The fourth-order valence-electron chi connectivity index (χ4n) is 2.39. The molecule has 0 N–H and O–H groups in total. The van der Waals surface area contributed by atoms with E-state index in [0.29, 0.717) is 12.1 Å². The highest BCUT2D eigenvalue weighted by molar-refractivity contribution is 7.88. The van der Waals surface area contributed by atoms with Crippen molar-refractivity contribution in [3.05, 3.63) is 53.6 Å². The Kier molecular flexibility index (Phi) is 8.49. The molecule has 0 radical (unpaired) electrons. The molecular weight excluding hydrogens is 615 g/mol. The third kappa shape index (κ3) is 7.79. The topological polar surface area (TPSA) is 130 Å². The van der Waals surface area contributed by atoms with Gasteiger partial charge >= 0.3 is 46.9 Å². The van der Waals surface area contributed by atoms with Gasteiger partial charge in [-0.25, -0.2) is 0 Å². The van der Waals surface area contributed by atoms with E-state index in [0.717, 1.165) is 24.3 Å². The summed E-state index contributed by atoms with van der Waals surface area (Å²) in [5.74, 6) is -3.26. The molecular formula is C17H11F9O9S3. The lowest BCUT2D eigenvalue weighted by atomic mass is 10.0. The van der Waals surface area contributed by atoms with Gasteiger partial charge in [-0.2, -0.15) is 64.8 Å². The summed E-state index contributed by atoms with van der Waals surface area (Å²) in [6.45, 7) is 0. The highest BCUT2D eigenvalue weighted by Crippen LogP contribution is 2.33. The minimum absolute atomic E-state index is 0.142. The number of rotatable bonds is 9. The molecule has 0 bridgehead atoms. The number of halogens is 9. The van der Waals surface area contributed by atoms with Gasteiger partial charge in [-0.1, -0.05) is 12.1 Å². The number of hydrogen-bond acceptors (Lipinski definition) is 9. The average Bonchev–Trinajstić information content (AvgIpc) is 2.69. The normalized spacial score (nSPS) is 13.7. The van der Waals surface area contributed by atoms with E-state index in [9.17, 15) is 64.8 Å². The lowest BCUT2D eigenvalue weighted by Crippen LogP contribution is -2.29. The first-order chi connectivity index (χ1) is 16.9. The zero-order chi connectivity index (χ0) is 29.4. The molecule has 0 amide bonds. The standard InChI is InChI=1S/C17H11F9O9S3/c18-15(19,20)36(27,28)33-12-5-3-10(4-6-12)1-2-11-7-13(34-37(29,30)16(21,22)23)9-14(8-11)35-38(31,32)17(24,25)26/h3-9H,1-2H2. The Morgan fingerprint density at radius 3 is 1.13 bits per heavy atom. The first-order valence-corrected chi connectivity index (χ1v) is 13.4. The number of benzene rings is 2. The Morgan fingerprint density at radius 2 is 0.789 bits per heavy atom. The minimum atomic E-state index is -6.32.